The van der Waals surface area contributed by atoms with Crippen molar-refractivity contribution in [3.05, 3.63) is 35.4 Å². The molecule has 0 radical (unpaired) electrons. The van der Waals surface area contributed by atoms with Gasteiger partial charge in [0.25, 0.3) is 0 Å². The lowest BCUT2D eigenvalue weighted by Gasteiger charge is -2.11. The molecule has 0 saturated carbocycles. The van der Waals surface area contributed by atoms with Gasteiger partial charge in [0, 0.05) is 12.1 Å². The Morgan fingerprint density at radius 1 is 1.45 bits per heavy atom. The molecule has 5 nitrogen and oxygen atoms in total. The van der Waals surface area contributed by atoms with E-state index in [4.69, 9.17) is 10.00 Å². The Morgan fingerprint density at radius 3 is 2.75 bits per heavy atom. The lowest BCUT2D eigenvalue weighted by Crippen LogP contribution is -2.08. The third kappa shape index (κ3) is 3.75. The first-order valence-corrected chi connectivity index (χ1v) is 6.26. The number of nitriles is 1. The number of methoxy groups -OCH3 is 2. The van der Waals surface area contributed by atoms with Crippen LogP contribution in [0.2, 0.25) is 0 Å². The third-order valence-corrected chi connectivity index (χ3v) is 2.82. The highest BCUT2D eigenvalue weighted by Gasteiger charge is 2.09. The maximum absolute atomic E-state index is 11.4. The third-order valence-electron chi connectivity index (χ3n) is 2.82. The number of rotatable bonds is 6. The fourth-order valence-electron chi connectivity index (χ4n) is 1.76. The highest BCUT2D eigenvalue weighted by atomic mass is 16.5. The number of carbonyl (C=O) groups is 1. The van der Waals surface area contributed by atoms with Crippen molar-refractivity contribution in [3.63, 3.8) is 0 Å². The number of anilines is 1. The Hall–Kier alpha value is -2.48. The highest BCUT2D eigenvalue weighted by molar-refractivity contribution is 5.88. The number of ether oxygens (including phenoxy) is 2. The molecule has 0 unspecified atom stereocenters. The van der Waals surface area contributed by atoms with E-state index in [1.807, 2.05) is 6.92 Å². The number of esters is 1. The first-order valence-electron chi connectivity index (χ1n) is 6.26. The van der Waals surface area contributed by atoms with E-state index in [0.717, 1.165) is 0 Å². The van der Waals surface area contributed by atoms with Crippen molar-refractivity contribution in [1.82, 2.24) is 0 Å². The molecule has 0 aliphatic carbocycles. The molecule has 0 atom stereocenters. The molecule has 1 aromatic carbocycles. The van der Waals surface area contributed by atoms with E-state index < -0.39 is 0 Å². The summed E-state index contributed by atoms with van der Waals surface area (Å²) in [5.74, 6) is 0.253. The van der Waals surface area contributed by atoms with E-state index in [2.05, 4.69) is 16.1 Å². The Morgan fingerprint density at radius 2 is 2.20 bits per heavy atom. The second-order valence-corrected chi connectivity index (χ2v) is 3.95. The summed E-state index contributed by atoms with van der Waals surface area (Å²) in [6, 6.07) is 7.33. The normalized spacial score (nSPS) is 10.6. The van der Waals surface area contributed by atoms with Gasteiger partial charge in [-0.2, -0.15) is 5.26 Å². The molecular weight excluding hydrogens is 256 g/mol. The maximum Gasteiger partial charge on any atom is 0.333 e. The molecule has 20 heavy (non-hydrogen) atoms. The van der Waals surface area contributed by atoms with Crippen molar-refractivity contribution < 1.29 is 14.3 Å². The fourth-order valence-corrected chi connectivity index (χ4v) is 1.76. The van der Waals surface area contributed by atoms with Crippen LogP contribution in [0.4, 0.5) is 5.69 Å². The maximum atomic E-state index is 11.4. The van der Waals surface area contributed by atoms with Crippen molar-refractivity contribution in [2.45, 2.75) is 13.3 Å². The molecule has 0 bridgehead atoms. The van der Waals surface area contributed by atoms with Crippen LogP contribution in [-0.4, -0.2) is 26.7 Å². The fraction of sp³-hybridized carbons (Fsp3) is 0.333. The minimum Gasteiger partial charge on any atom is -0.495 e. The summed E-state index contributed by atoms with van der Waals surface area (Å²) in [5, 5.41) is 12.2. The molecule has 1 aromatic rings. The average Bonchev–Trinajstić information content (AvgIpc) is 2.50. The smallest absolute Gasteiger partial charge is 0.333 e. The Balaban J connectivity index is 2.87. The first kappa shape index (κ1) is 15.6. The lowest BCUT2D eigenvalue weighted by molar-refractivity contribution is -0.136. The van der Waals surface area contributed by atoms with Crippen molar-refractivity contribution in [1.29, 1.82) is 5.26 Å². The predicted molar refractivity (Wildman–Crippen MR) is 76.6 cm³/mol. The number of para-hydroxylation sites is 1. The van der Waals surface area contributed by atoms with Crippen LogP contribution in [0.15, 0.2) is 29.8 Å². The SMILES string of the molecule is CC/C(=C/CNc1c(C#N)cccc1OC)C(=O)OC. The Kier molecular flexibility index (Phi) is 6.11. The zero-order chi connectivity index (χ0) is 15.0. The standard InChI is InChI=1S/C15H18N2O3/c1-4-11(15(18)20-3)8-9-17-14-12(10-16)6-5-7-13(14)19-2/h5-8,17H,4,9H2,1-3H3/b11-8-. The molecule has 0 fully saturated rings. The number of hydrogen-bond donors (Lipinski definition) is 1. The van der Waals surface area contributed by atoms with E-state index in [1.165, 1.54) is 7.11 Å². The lowest BCUT2D eigenvalue weighted by atomic mass is 10.1. The monoisotopic (exact) mass is 274 g/mol. The first-order chi connectivity index (χ1) is 9.67. The number of hydrogen-bond acceptors (Lipinski definition) is 5. The van der Waals surface area contributed by atoms with Crippen LogP contribution in [0.5, 0.6) is 5.75 Å². The van der Waals surface area contributed by atoms with Crippen molar-refractivity contribution >= 4 is 11.7 Å². The van der Waals surface area contributed by atoms with Crippen molar-refractivity contribution in [2.24, 2.45) is 0 Å². The topological polar surface area (TPSA) is 71.3 Å². The summed E-state index contributed by atoms with van der Waals surface area (Å²) >= 11 is 0. The van der Waals surface area contributed by atoms with Crippen molar-refractivity contribution in [2.75, 3.05) is 26.1 Å². The molecule has 1 rings (SSSR count). The highest BCUT2D eigenvalue weighted by Crippen LogP contribution is 2.27. The summed E-state index contributed by atoms with van der Waals surface area (Å²) in [5.41, 5.74) is 1.70. The predicted octanol–water partition coefficient (Wildman–Crippen LogP) is 2.49. The average molecular weight is 274 g/mol. The summed E-state index contributed by atoms with van der Waals surface area (Å²) in [4.78, 5) is 11.4. The van der Waals surface area contributed by atoms with Gasteiger partial charge in [-0.15, -0.1) is 0 Å². The Bertz CT molecular complexity index is 545. The summed E-state index contributed by atoms with van der Waals surface area (Å²) in [7, 11) is 2.90. The van der Waals surface area contributed by atoms with Gasteiger partial charge in [0.1, 0.15) is 11.8 Å². The number of nitrogens with zero attached hydrogens (tertiary/aromatic N) is 1. The van der Waals surface area contributed by atoms with E-state index >= 15 is 0 Å². The van der Waals surface area contributed by atoms with Crippen LogP contribution < -0.4 is 10.1 Å². The second-order valence-electron chi connectivity index (χ2n) is 3.95. The van der Waals surface area contributed by atoms with Gasteiger partial charge in [0.2, 0.25) is 0 Å². The quantitative estimate of drug-likeness (QED) is 0.637. The van der Waals surface area contributed by atoms with Gasteiger partial charge in [0.15, 0.2) is 0 Å². The molecule has 0 heterocycles. The molecule has 0 spiro atoms. The van der Waals surface area contributed by atoms with E-state index in [9.17, 15) is 4.79 Å². The molecule has 1 N–H and O–H groups in total. The number of carbonyl (C=O) groups excluding carboxylic acids is 1. The van der Waals surface area contributed by atoms with Crippen LogP contribution >= 0.6 is 0 Å². The number of benzene rings is 1. The van der Waals surface area contributed by atoms with Crippen molar-refractivity contribution in [3.8, 4) is 11.8 Å². The summed E-state index contributed by atoms with van der Waals surface area (Å²) in [6.45, 7) is 2.29. The molecule has 106 valence electrons. The van der Waals surface area contributed by atoms with E-state index in [1.54, 1.807) is 31.4 Å². The van der Waals surface area contributed by atoms with Gasteiger partial charge >= 0.3 is 5.97 Å². The van der Waals surface area contributed by atoms with Crippen LogP contribution in [0.25, 0.3) is 0 Å². The molecule has 0 aromatic heterocycles. The Labute approximate surface area is 118 Å². The van der Waals surface area contributed by atoms with Gasteiger partial charge in [-0.1, -0.05) is 19.1 Å². The molecule has 5 heteroatoms. The molecule has 0 saturated heterocycles. The van der Waals surface area contributed by atoms with Crippen LogP contribution in [-0.2, 0) is 9.53 Å². The molecule has 0 amide bonds. The molecule has 0 aliphatic heterocycles. The van der Waals surface area contributed by atoms with Gasteiger partial charge < -0.3 is 14.8 Å². The molecular formula is C15H18N2O3. The minimum atomic E-state index is -0.338. The van der Waals surface area contributed by atoms with Gasteiger partial charge in [0.05, 0.1) is 25.5 Å². The number of nitrogens with one attached hydrogen (secondary N) is 1. The van der Waals surface area contributed by atoms with E-state index in [-0.39, 0.29) is 5.97 Å². The zero-order valence-corrected chi connectivity index (χ0v) is 11.9. The minimum absolute atomic E-state index is 0.338. The largest absolute Gasteiger partial charge is 0.495 e. The summed E-state index contributed by atoms with van der Waals surface area (Å²) in [6.07, 6.45) is 2.34. The van der Waals surface area contributed by atoms with Crippen LogP contribution in [0.1, 0.15) is 18.9 Å². The zero-order valence-electron chi connectivity index (χ0n) is 11.9. The second kappa shape index (κ2) is 7.85. The van der Waals surface area contributed by atoms with Gasteiger partial charge in [-0.3, -0.25) is 0 Å². The van der Waals surface area contributed by atoms with Gasteiger partial charge in [-0.25, -0.2) is 4.79 Å². The summed E-state index contributed by atoms with van der Waals surface area (Å²) < 4.78 is 9.90. The van der Waals surface area contributed by atoms with Crippen LogP contribution in [0.3, 0.4) is 0 Å². The van der Waals surface area contributed by atoms with E-state index in [0.29, 0.717) is 35.5 Å². The van der Waals surface area contributed by atoms with Crippen LogP contribution in [0, 0.1) is 11.3 Å². The van der Waals surface area contributed by atoms with Gasteiger partial charge in [-0.05, 0) is 18.6 Å². The molecule has 0 aliphatic rings.